The van der Waals surface area contributed by atoms with Gasteiger partial charge in [-0.05, 0) is 75.8 Å². The van der Waals surface area contributed by atoms with Crippen molar-refractivity contribution in [3.05, 3.63) is 60.2 Å². The van der Waals surface area contributed by atoms with E-state index < -0.39 is 34.3 Å². The van der Waals surface area contributed by atoms with E-state index in [2.05, 4.69) is 5.32 Å². The monoisotopic (exact) mass is 489 g/mol. The van der Waals surface area contributed by atoms with Crippen LogP contribution in [0.1, 0.15) is 45.1 Å². The zero-order chi connectivity index (χ0) is 24.7. The van der Waals surface area contributed by atoms with E-state index in [1.165, 1.54) is 28.6 Å². The van der Waals surface area contributed by atoms with Gasteiger partial charge >= 0.3 is 6.09 Å². The predicted molar refractivity (Wildman–Crippen MR) is 132 cm³/mol. The van der Waals surface area contributed by atoms with Crippen molar-refractivity contribution in [2.24, 2.45) is 0 Å². The number of carbonyl (C=O) groups is 1. The lowest BCUT2D eigenvalue weighted by molar-refractivity contribution is 0.0711. The van der Waals surface area contributed by atoms with E-state index in [4.69, 9.17) is 10.5 Å². The molecule has 1 fully saturated rings. The SMILES string of the molecule is CC(C)N(C[C@@H](O)[C@H](Cc1ccccc1)NC(=O)OC1CCCC1)S(=O)(=O)c1ccc(N)cc1. The maximum Gasteiger partial charge on any atom is 0.407 e. The zero-order valence-corrected chi connectivity index (χ0v) is 20.6. The van der Waals surface area contributed by atoms with Gasteiger partial charge in [-0.15, -0.1) is 0 Å². The summed E-state index contributed by atoms with van der Waals surface area (Å²) in [6.07, 6.45) is 2.18. The molecule has 0 heterocycles. The molecule has 1 aliphatic rings. The fourth-order valence-electron chi connectivity index (χ4n) is 4.17. The summed E-state index contributed by atoms with van der Waals surface area (Å²) in [5.74, 6) is 0. The van der Waals surface area contributed by atoms with Crippen molar-refractivity contribution in [2.75, 3.05) is 12.3 Å². The topological polar surface area (TPSA) is 122 Å². The molecule has 8 nitrogen and oxygen atoms in total. The summed E-state index contributed by atoms with van der Waals surface area (Å²) in [6.45, 7) is 3.30. The quantitative estimate of drug-likeness (QED) is 0.440. The number of alkyl carbamates (subject to hydrolysis) is 1. The van der Waals surface area contributed by atoms with Crippen LogP contribution in [0, 0.1) is 0 Å². The van der Waals surface area contributed by atoms with Crippen LogP contribution in [-0.4, -0.2) is 54.8 Å². The highest BCUT2D eigenvalue weighted by Crippen LogP contribution is 2.22. The highest BCUT2D eigenvalue weighted by atomic mass is 32.2. The molecule has 3 rings (SSSR count). The molecular formula is C25H35N3O5S. The van der Waals surface area contributed by atoms with Crippen LogP contribution < -0.4 is 11.1 Å². The van der Waals surface area contributed by atoms with E-state index >= 15 is 0 Å². The number of aliphatic hydroxyl groups excluding tert-OH is 1. The van der Waals surface area contributed by atoms with E-state index in [0.717, 1.165) is 31.2 Å². The molecule has 0 aromatic heterocycles. The normalized spacial score (nSPS) is 16.5. The number of carbonyl (C=O) groups excluding carboxylic acids is 1. The molecule has 0 unspecified atom stereocenters. The third kappa shape index (κ3) is 6.94. The number of aliphatic hydroxyl groups is 1. The first-order chi connectivity index (χ1) is 16.2. The van der Waals surface area contributed by atoms with Crippen molar-refractivity contribution in [3.8, 4) is 0 Å². The van der Waals surface area contributed by atoms with Crippen molar-refractivity contribution >= 4 is 21.8 Å². The van der Waals surface area contributed by atoms with Gasteiger partial charge in [-0.25, -0.2) is 13.2 Å². The number of anilines is 1. The Bertz CT molecular complexity index is 1020. The number of nitrogens with one attached hydrogen (secondary N) is 1. The van der Waals surface area contributed by atoms with Gasteiger partial charge in [0.05, 0.1) is 17.0 Å². The Balaban J connectivity index is 1.78. The van der Waals surface area contributed by atoms with Gasteiger partial charge in [-0.1, -0.05) is 30.3 Å². The molecule has 2 aromatic rings. The second-order valence-electron chi connectivity index (χ2n) is 9.06. The van der Waals surface area contributed by atoms with E-state index in [9.17, 15) is 18.3 Å². The molecule has 9 heteroatoms. The molecule has 2 aromatic carbocycles. The van der Waals surface area contributed by atoms with Gasteiger partial charge in [0.1, 0.15) is 6.10 Å². The number of hydrogen-bond acceptors (Lipinski definition) is 6. The van der Waals surface area contributed by atoms with Crippen LogP contribution >= 0.6 is 0 Å². The van der Waals surface area contributed by atoms with Crippen molar-refractivity contribution < 1.29 is 23.1 Å². The standard InChI is InChI=1S/C25H35N3O5S/c1-18(2)28(34(31,32)22-14-12-20(26)13-15-22)17-24(29)23(16-19-8-4-3-5-9-19)27-25(30)33-21-10-6-7-11-21/h3-5,8-9,12-15,18,21,23-24,29H,6-7,10-11,16-17,26H2,1-2H3,(H,27,30)/t23-,24+/m0/s1. The number of nitrogen functional groups attached to an aromatic ring is 1. The van der Waals surface area contributed by atoms with Crippen molar-refractivity contribution in [1.82, 2.24) is 9.62 Å². The molecule has 0 aliphatic heterocycles. The summed E-state index contributed by atoms with van der Waals surface area (Å²) in [5, 5.41) is 13.9. The van der Waals surface area contributed by atoms with Gasteiger partial charge in [0.25, 0.3) is 0 Å². The van der Waals surface area contributed by atoms with Crippen molar-refractivity contribution in [3.63, 3.8) is 0 Å². The number of nitrogens with two attached hydrogens (primary N) is 1. The fraction of sp³-hybridized carbons (Fsp3) is 0.480. The Morgan fingerprint density at radius 2 is 1.74 bits per heavy atom. The second kappa shape index (κ2) is 11.7. The van der Waals surface area contributed by atoms with Crippen LogP contribution in [0.5, 0.6) is 0 Å². The van der Waals surface area contributed by atoms with E-state index in [1.54, 1.807) is 13.8 Å². The van der Waals surface area contributed by atoms with Crippen LogP contribution in [0.25, 0.3) is 0 Å². The van der Waals surface area contributed by atoms with Crippen LogP contribution in [0.3, 0.4) is 0 Å². The van der Waals surface area contributed by atoms with Crippen molar-refractivity contribution in [1.29, 1.82) is 0 Å². The molecule has 4 N–H and O–H groups in total. The summed E-state index contributed by atoms with van der Waals surface area (Å²) < 4.78 is 33.4. The molecule has 0 saturated heterocycles. The third-order valence-electron chi connectivity index (χ3n) is 6.07. The Hall–Kier alpha value is -2.62. The van der Waals surface area contributed by atoms with Crippen LogP contribution in [-0.2, 0) is 21.2 Å². The number of ether oxygens (including phenoxy) is 1. The van der Waals surface area contributed by atoms with E-state index in [-0.39, 0.29) is 17.5 Å². The lowest BCUT2D eigenvalue weighted by Gasteiger charge is -2.32. The number of nitrogens with zero attached hydrogens (tertiary/aromatic N) is 1. The maximum absolute atomic E-state index is 13.3. The molecule has 34 heavy (non-hydrogen) atoms. The predicted octanol–water partition coefficient (Wildman–Crippen LogP) is 3.31. The molecule has 1 saturated carbocycles. The lowest BCUT2D eigenvalue weighted by atomic mass is 10.0. The highest BCUT2D eigenvalue weighted by molar-refractivity contribution is 7.89. The van der Waals surface area contributed by atoms with Gasteiger partial charge < -0.3 is 20.9 Å². The summed E-state index contributed by atoms with van der Waals surface area (Å²) in [6, 6.07) is 14.2. The molecule has 2 atom stereocenters. The number of hydrogen-bond donors (Lipinski definition) is 3. The Morgan fingerprint density at radius 1 is 1.12 bits per heavy atom. The van der Waals surface area contributed by atoms with Gasteiger partial charge in [0.15, 0.2) is 0 Å². The zero-order valence-electron chi connectivity index (χ0n) is 19.8. The summed E-state index contributed by atoms with van der Waals surface area (Å²) in [7, 11) is -3.89. The highest BCUT2D eigenvalue weighted by Gasteiger charge is 2.33. The molecule has 0 radical (unpaired) electrons. The Labute approximate surface area is 202 Å². The minimum Gasteiger partial charge on any atom is -0.446 e. The Morgan fingerprint density at radius 3 is 2.32 bits per heavy atom. The molecule has 1 amide bonds. The number of sulfonamides is 1. The number of rotatable bonds is 10. The summed E-state index contributed by atoms with van der Waals surface area (Å²) >= 11 is 0. The molecule has 0 spiro atoms. The van der Waals surface area contributed by atoms with E-state index in [1.807, 2.05) is 30.3 Å². The van der Waals surface area contributed by atoms with Gasteiger partial charge in [0.2, 0.25) is 10.0 Å². The lowest BCUT2D eigenvalue weighted by Crippen LogP contribution is -2.52. The first-order valence-electron chi connectivity index (χ1n) is 11.7. The smallest absolute Gasteiger partial charge is 0.407 e. The number of benzene rings is 2. The van der Waals surface area contributed by atoms with Crippen LogP contribution in [0.15, 0.2) is 59.5 Å². The van der Waals surface area contributed by atoms with Crippen molar-refractivity contribution in [2.45, 2.75) is 75.1 Å². The largest absolute Gasteiger partial charge is 0.446 e. The van der Waals surface area contributed by atoms with Gasteiger partial charge in [-0.2, -0.15) is 4.31 Å². The molecule has 186 valence electrons. The minimum atomic E-state index is -3.89. The number of amides is 1. The van der Waals surface area contributed by atoms with E-state index in [0.29, 0.717) is 12.1 Å². The summed E-state index contributed by atoms with van der Waals surface area (Å²) in [5.41, 5.74) is 7.07. The summed E-state index contributed by atoms with van der Waals surface area (Å²) in [4.78, 5) is 12.7. The van der Waals surface area contributed by atoms with Gasteiger partial charge in [0, 0.05) is 18.3 Å². The second-order valence-corrected chi connectivity index (χ2v) is 10.9. The Kier molecular flexibility index (Phi) is 8.93. The maximum atomic E-state index is 13.3. The first-order valence-corrected chi connectivity index (χ1v) is 13.2. The fourth-order valence-corrected chi connectivity index (χ4v) is 5.82. The first kappa shape index (κ1) is 26.0. The van der Waals surface area contributed by atoms with Gasteiger partial charge in [-0.3, -0.25) is 0 Å². The average molecular weight is 490 g/mol. The molecule has 1 aliphatic carbocycles. The third-order valence-corrected chi connectivity index (χ3v) is 8.13. The minimum absolute atomic E-state index is 0.0933. The average Bonchev–Trinajstić information content (AvgIpc) is 3.30. The van der Waals surface area contributed by atoms with Crippen LogP contribution in [0.4, 0.5) is 10.5 Å². The van der Waals surface area contributed by atoms with Crippen LogP contribution in [0.2, 0.25) is 0 Å². The molecular weight excluding hydrogens is 454 g/mol. The molecule has 0 bridgehead atoms.